The summed E-state index contributed by atoms with van der Waals surface area (Å²) in [7, 11) is 0. The SMILES string of the molecule is CC(C)c1cccc(C(C)C)c1OC(=O)CC(C)(C)CN(C(=O)[C@H](C)N)c1ccc(OC(=O)C(F)(F)F)cc1. The Labute approximate surface area is 227 Å². The lowest BCUT2D eigenvalue weighted by molar-refractivity contribution is -0.189. The molecule has 0 aliphatic carbocycles. The Hall–Kier alpha value is -3.40. The number of esters is 2. The van der Waals surface area contributed by atoms with Crippen LogP contribution in [0.2, 0.25) is 0 Å². The van der Waals surface area contributed by atoms with Crippen LogP contribution in [0.5, 0.6) is 11.5 Å². The normalized spacial score (nSPS) is 12.8. The zero-order valence-electron chi connectivity index (χ0n) is 23.4. The van der Waals surface area contributed by atoms with E-state index in [4.69, 9.17) is 10.5 Å². The maximum absolute atomic E-state index is 13.1. The molecular weight excluding hydrogens is 513 g/mol. The first-order valence-electron chi connectivity index (χ1n) is 12.7. The molecule has 0 saturated carbocycles. The molecule has 0 heterocycles. The van der Waals surface area contributed by atoms with Gasteiger partial charge in [0.2, 0.25) is 5.91 Å². The van der Waals surface area contributed by atoms with E-state index in [0.29, 0.717) is 11.4 Å². The van der Waals surface area contributed by atoms with Crippen molar-refractivity contribution in [2.24, 2.45) is 11.1 Å². The summed E-state index contributed by atoms with van der Waals surface area (Å²) < 4.78 is 47.8. The summed E-state index contributed by atoms with van der Waals surface area (Å²) in [4.78, 5) is 38.6. The fourth-order valence-corrected chi connectivity index (χ4v) is 4.03. The number of amides is 1. The van der Waals surface area contributed by atoms with Gasteiger partial charge in [-0.1, -0.05) is 59.7 Å². The molecule has 0 spiro atoms. The highest BCUT2D eigenvalue weighted by atomic mass is 19.4. The zero-order valence-corrected chi connectivity index (χ0v) is 23.4. The van der Waals surface area contributed by atoms with Crippen LogP contribution in [0.1, 0.15) is 77.8 Å². The Bertz CT molecular complexity index is 1150. The summed E-state index contributed by atoms with van der Waals surface area (Å²) in [6.45, 7) is 13.3. The van der Waals surface area contributed by atoms with E-state index in [-0.39, 0.29) is 30.6 Å². The van der Waals surface area contributed by atoms with E-state index >= 15 is 0 Å². The van der Waals surface area contributed by atoms with Crippen LogP contribution >= 0.6 is 0 Å². The van der Waals surface area contributed by atoms with Gasteiger partial charge >= 0.3 is 18.1 Å². The Balaban J connectivity index is 2.26. The van der Waals surface area contributed by atoms with Crippen molar-refractivity contribution in [3.8, 4) is 11.5 Å². The molecule has 2 aromatic rings. The molecule has 1 atom stereocenters. The standard InChI is InChI=1S/C29H37F3N2O5/c1-17(2)22-9-8-10-23(18(3)4)25(22)39-24(35)15-28(6,7)16-34(26(36)19(5)33)20-11-13-21(14-12-20)38-27(37)29(30,31)32/h8-14,17-19H,15-16,33H2,1-7H3/t19-/m0/s1. The number of ether oxygens (including phenoxy) is 2. The molecule has 0 fully saturated rings. The third-order valence-electron chi connectivity index (χ3n) is 5.99. The Morgan fingerprint density at radius 2 is 1.38 bits per heavy atom. The lowest BCUT2D eigenvalue weighted by Gasteiger charge is -2.33. The van der Waals surface area contributed by atoms with Crippen molar-refractivity contribution in [2.75, 3.05) is 11.4 Å². The van der Waals surface area contributed by atoms with E-state index < -0.39 is 35.5 Å². The molecule has 1 amide bonds. The van der Waals surface area contributed by atoms with Gasteiger partial charge in [0, 0.05) is 12.2 Å². The third-order valence-corrected chi connectivity index (χ3v) is 5.99. The minimum absolute atomic E-state index is 0.0268. The number of rotatable bonds is 10. The van der Waals surface area contributed by atoms with E-state index in [9.17, 15) is 27.6 Å². The molecule has 10 heteroatoms. The fraction of sp³-hybridized carbons (Fsp3) is 0.483. The van der Waals surface area contributed by atoms with Gasteiger partial charge < -0.3 is 20.1 Å². The van der Waals surface area contributed by atoms with Crippen LogP contribution < -0.4 is 20.1 Å². The molecule has 2 rings (SSSR count). The predicted octanol–water partition coefficient (Wildman–Crippen LogP) is 6.10. The monoisotopic (exact) mass is 550 g/mol. The van der Waals surface area contributed by atoms with Gasteiger partial charge in [0.15, 0.2) is 0 Å². The van der Waals surface area contributed by atoms with Gasteiger partial charge in [0.25, 0.3) is 0 Å². The van der Waals surface area contributed by atoms with Gasteiger partial charge in [-0.3, -0.25) is 9.59 Å². The summed E-state index contributed by atoms with van der Waals surface area (Å²) in [5.41, 5.74) is 7.25. The quantitative estimate of drug-likeness (QED) is 0.283. The van der Waals surface area contributed by atoms with Crippen LogP contribution in [0.3, 0.4) is 0 Å². The number of nitrogens with two attached hydrogens (primary N) is 1. The molecule has 0 aliphatic rings. The van der Waals surface area contributed by atoms with Gasteiger partial charge in [-0.05, 0) is 59.6 Å². The van der Waals surface area contributed by atoms with Crippen LogP contribution in [-0.4, -0.2) is 36.6 Å². The molecule has 0 aliphatic heterocycles. The van der Waals surface area contributed by atoms with E-state index in [2.05, 4.69) is 4.74 Å². The first kappa shape index (κ1) is 31.8. The van der Waals surface area contributed by atoms with Crippen molar-refractivity contribution in [2.45, 2.75) is 78.9 Å². The number of alkyl halides is 3. The molecule has 7 nitrogen and oxygen atoms in total. The third kappa shape index (κ3) is 8.81. The highest BCUT2D eigenvalue weighted by Gasteiger charge is 2.41. The lowest BCUT2D eigenvalue weighted by Crippen LogP contribution is -2.47. The lowest BCUT2D eigenvalue weighted by atomic mass is 9.88. The average Bonchev–Trinajstić information content (AvgIpc) is 2.81. The number of para-hydroxylation sites is 1. The molecule has 2 aromatic carbocycles. The first-order valence-corrected chi connectivity index (χ1v) is 12.7. The van der Waals surface area contributed by atoms with Crippen LogP contribution in [-0.2, 0) is 14.4 Å². The molecular formula is C29H37F3N2O5. The van der Waals surface area contributed by atoms with Crippen molar-refractivity contribution in [1.29, 1.82) is 0 Å². The largest absolute Gasteiger partial charge is 0.491 e. The zero-order chi connectivity index (χ0) is 29.7. The van der Waals surface area contributed by atoms with Crippen molar-refractivity contribution in [3.63, 3.8) is 0 Å². The van der Waals surface area contributed by atoms with E-state index in [1.165, 1.54) is 24.0 Å². The highest BCUT2D eigenvalue weighted by molar-refractivity contribution is 5.97. The molecule has 0 saturated heterocycles. The number of carbonyl (C=O) groups is 3. The van der Waals surface area contributed by atoms with Gasteiger partial charge in [0.1, 0.15) is 11.5 Å². The number of hydrogen-bond acceptors (Lipinski definition) is 6. The Kier molecular flexibility index (Phi) is 10.3. The molecule has 214 valence electrons. The van der Waals surface area contributed by atoms with Gasteiger partial charge in [0.05, 0.1) is 12.5 Å². The Morgan fingerprint density at radius 1 is 0.872 bits per heavy atom. The second-order valence-corrected chi connectivity index (χ2v) is 11.0. The predicted molar refractivity (Wildman–Crippen MR) is 143 cm³/mol. The number of halogens is 3. The molecule has 0 radical (unpaired) electrons. The van der Waals surface area contributed by atoms with Crippen molar-refractivity contribution >= 4 is 23.5 Å². The smallest absolute Gasteiger partial charge is 0.426 e. The minimum Gasteiger partial charge on any atom is -0.426 e. The van der Waals surface area contributed by atoms with E-state index in [0.717, 1.165) is 23.3 Å². The minimum atomic E-state index is -5.14. The molecule has 2 N–H and O–H groups in total. The summed E-state index contributed by atoms with van der Waals surface area (Å²) in [5, 5.41) is 0. The second-order valence-electron chi connectivity index (χ2n) is 11.0. The van der Waals surface area contributed by atoms with Gasteiger partial charge in [-0.2, -0.15) is 13.2 Å². The molecule has 0 bridgehead atoms. The fourth-order valence-electron chi connectivity index (χ4n) is 4.03. The summed E-state index contributed by atoms with van der Waals surface area (Å²) >= 11 is 0. The van der Waals surface area contributed by atoms with Crippen molar-refractivity contribution in [1.82, 2.24) is 0 Å². The van der Waals surface area contributed by atoms with Crippen LogP contribution in [0.15, 0.2) is 42.5 Å². The van der Waals surface area contributed by atoms with Crippen LogP contribution in [0.4, 0.5) is 18.9 Å². The maximum atomic E-state index is 13.1. The summed E-state index contributed by atoms with van der Waals surface area (Å²) in [5.74, 6) is -2.77. The molecule has 0 aromatic heterocycles. The van der Waals surface area contributed by atoms with Crippen LogP contribution in [0, 0.1) is 5.41 Å². The number of anilines is 1. The summed E-state index contributed by atoms with van der Waals surface area (Å²) in [6, 6.07) is 9.92. The molecule has 0 unspecified atom stereocenters. The topological polar surface area (TPSA) is 98.9 Å². The van der Waals surface area contributed by atoms with Gasteiger partial charge in [-0.25, -0.2) is 4.79 Å². The Morgan fingerprint density at radius 3 is 1.82 bits per heavy atom. The average molecular weight is 551 g/mol. The van der Waals surface area contributed by atoms with E-state index in [1.54, 1.807) is 13.8 Å². The van der Waals surface area contributed by atoms with Crippen molar-refractivity contribution < 1.29 is 37.0 Å². The second kappa shape index (κ2) is 12.6. The molecule has 39 heavy (non-hydrogen) atoms. The highest BCUT2D eigenvalue weighted by Crippen LogP contribution is 2.36. The van der Waals surface area contributed by atoms with E-state index in [1.807, 2.05) is 45.9 Å². The first-order chi connectivity index (χ1) is 17.9. The number of hydrogen-bond donors (Lipinski definition) is 1. The van der Waals surface area contributed by atoms with Crippen molar-refractivity contribution in [3.05, 3.63) is 53.6 Å². The number of carbonyl (C=O) groups excluding carboxylic acids is 3. The number of benzene rings is 2. The summed E-state index contributed by atoms with van der Waals surface area (Å²) in [6.07, 6.45) is -5.17. The van der Waals surface area contributed by atoms with Gasteiger partial charge in [-0.15, -0.1) is 0 Å². The number of nitrogens with zero attached hydrogens (tertiary/aromatic N) is 1. The maximum Gasteiger partial charge on any atom is 0.491 e. The van der Waals surface area contributed by atoms with Crippen LogP contribution in [0.25, 0.3) is 0 Å².